The first kappa shape index (κ1) is 23.6. The van der Waals surface area contributed by atoms with Crippen LogP contribution in [-0.4, -0.2) is 34.8 Å². The Bertz CT molecular complexity index is 832. The lowest BCUT2D eigenvalue weighted by molar-refractivity contribution is -0.402. The maximum Gasteiger partial charge on any atom is 0.433 e. The minimum atomic E-state index is -0.697. The molecule has 0 bridgehead atoms. The number of furan rings is 2. The van der Waals surface area contributed by atoms with E-state index in [0.717, 1.165) is 57.1 Å². The molecule has 2 aromatic heterocycles. The number of carbonyl (C=O) groups excluding carboxylic acids is 2. The molecule has 0 aliphatic heterocycles. The second-order valence-corrected chi connectivity index (χ2v) is 6.78. The molecule has 0 unspecified atom stereocenters. The van der Waals surface area contributed by atoms with Crippen LogP contribution in [0.4, 0.5) is 11.8 Å². The summed E-state index contributed by atoms with van der Waals surface area (Å²) >= 11 is 0. The maximum absolute atomic E-state index is 11.8. The monoisotopic (exact) mass is 436 g/mol. The minimum Gasteiger partial charge on any atom is -0.395 e. The van der Waals surface area contributed by atoms with Crippen molar-refractivity contribution < 1.29 is 28.3 Å². The van der Waals surface area contributed by atoms with Gasteiger partial charge >= 0.3 is 11.8 Å². The fourth-order valence-electron chi connectivity index (χ4n) is 2.81. The number of carbonyl (C=O) groups is 2. The van der Waals surface area contributed by atoms with Crippen molar-refractivity contribution in [3.05, 3.63) is 56.0 Å². The van der Waals surface area contributed by atoms with E-state index >= 15 is 0 Å². The number of hydrogen-bond acceptors (Lipinski definition) is 8. The molecule has 2 aromatic rings. The molecule has 0 radical (unpaired) electrons. The third kappa shape index (κ3) is 7.91. The van der Waals surface area contributed by atoms with Crippen LogP contribution in [0, 0.1) is 20.2 Å². The molecule has 0 aliphatic carbocycles. The number of amides is 2. The third-order valence-electron chi connectivity index (χ3n) is 4.42. The van der Waals surface area contributed by atoms with Gasteiger partial charge in [0, 0.05) is 13.1 Å². The average Bonchev–Trinajstić information content (AvgIpc) is 3.41. The Hall–Kier alpha value is -3.70. The van der Waals surface area contributed by atoms with Crippen molar-refractivity contribution in [1.82, 2.24) is 10.6 Å². The molecule has 0 atom stereocenters. The lowest BCUT2D eigenvalue weighted by atomic mass is 10.1. The Labute approximate surface area is 177 Å². The topological polar surface area (TPSA) is 171 Å². The van der Waals surface area contributed by atoms with Gasteiger partial charge in [-0.15, -0.1) is 0 Å². The molecule has 2 heterocycles. The van der Waals surface area contributed by atoms with E-state index in [4.69, 9.17) is 8.83 Å². The zero-order valence-electron chi connectivity index (χ0n) is 16.8. The van der Waals surface area contributed by atoms with Crippen LogP contribution in [0.5, 0.6) is 0 Å². The first-order valence-electron chi connectivity index (χ1n) is 9.93. The van der Waals surface area contributed by atoms with Gasteiger partial charge in [0.05, 0.1) is 12.1 Å². The van der Waals surface area contributed by atoms with E-state index < -0.39 is 33.4 Å². The normalized spacial score (nSPS) is 10.6. The Morgan fingerprint density at radius 3 is 1.35 bits per heavy atom. The Balaban J connectivity index is 1.44. The summed E-state index contributed by atoms with van der Waals surface area (Å²) in [5.74, 6) is -2.03. The molecule has 0 aromatic carbocycles. The SMILES string of the molecule is O=C(NCCCCCCCCCNC(=O)c1ccc([N+](=O)[O-])o1)c1ccc([N+](=O)[O-])o1. The van der Waals surface area contributed by atoms with Crippen molar-refractivity contribution >= 4 is 23.6 Å². The van der Waals surface area contributed by atoms with E-state index in [9.17, 15) is 29.8 Å². The van der Waals surface area contributed by atoms with Crippen LogP contribution in [0.1, 0.15) is 66.1 Å². The van der Waals surface area contributed by atoms with Gasteiger partial charge < -0.3 is 19.5 Å². The highest BCUT2D eigenvalue weighted by molar-refractivity contribution is 5.92. The number of unbranched alkanes of at least 4 members (excludes halogenated alkanes) is 6. The number of hydrogen-bond donors (Lipinski definition) is 2. The molecule has 0 saturated carbocycles. The number of nitrogens with zero attached hydrogens (tertiary/aromatic N) is 2. The van der Waals surface area contributed by atoms with Gasteiger partial charge in [0.1, 0.15) is 9.85 Å². The Morgan fingerprint density at radius 2 is 1.03 bits per heavy atom. The van der Waals surface area contributed by atoms with Crippen LogP contribution in [0.15, 0.2) is 33.1 Å². The highest BCUT2D eigenvalue weighted by Crippen LogP contribution is 2.16. The molecule has 168 valence electrons. The van der Waals surface area contributed by atoms with Gasteiger partial charge in [-0.25, -0.2) is 0 Å². The fourth-order valence-corrected chi connectivity index (χ4v) is 2.81. The summed E-state index contributed by atoms with van der Waals surface area (Å²) in [5.41, 5.74) is 0. The number of nitro groups is 2. The van der Waals surface area contributed by atoms with Gasteiger partial charge in [-0.2, -0.15) is 0 Å². The van der Waals surface area contributed by atoms with Crippen molar-refractivity contribution in [3.63, 3.8) is 0 Å². The summed E-state index contributed by atoms with van der Waals surface area (Å²) in [4.78, 5) is 43.2. The highest BCUT2D eigenvalue weighted by atomic mass is 16.7. The van der Waals surface area contributed by atoms with E-state index in [-0.39, 0.29) is 11.5 Å². The predicted octanol–water partition coefficient (Wildman–Crippen LogP) is 3.58. The molecule has 2 amide bonds. The van der Waals surface area contributed by atoms with Crippen LogP contribution in [-0.2, 0) is 0 Å². The zero-order valence-corrected chi connectivity index (χ0v) is 16.8. The molecule has 12 heteroatoms. The van der Waals surface area contributed by atoms with Crippen LogP contribution >= 0.6 is 0 Å². The van der Waals surface area contributed by atoms with Gasteiger partial charge in [0.25, 0.3) is 11.8 Å². The highest BCUT2D eigenvalue weighted by Gasteiger charge is 2.17. The molecule has 2 rings (SSSR count). The van der Waals surface area contributed by atoms with Crippen molar-refractivity contribution in [1.29, 1.82) is 0 Å². The quantitative estimate of drug-likeness (QED) is 0.257. The number of rotatable bonds is 14. The minimum absolute atomic E-state index is 0.0796. The smallest absolute Gasteiger partial charge is 0.395 e. The fraction of sp³-hybridized carbons (Fsp3) is 0.474. The molecule has 0 fully saturated rings. The lowest BCUT2D eigenvalue weighted by Crippen LogP contribution is -2.24. The molecule has 31 heavy (non-hydrogen) atoms. The van der Waals surface area contributed by atoms with Crippen molar-refractivity contribution in [2.24, 2.45) is 0 Å². The van der Waals surface area contributed by atoms with Crippen LogP contribution < -0.4 is 10.6 Å². The van der Waals surface area contributed by atoms with E-state index in [1.807, 2.05) is 0 Å². The largest absolute Gasteiger partial charge is 0.433 e. The predicted molar refractivity (Wildman–Crippen MR) is 108 cm³/mol. The molecule has 0 aliphatic rings. The van der Waals surface area contributed by atoms with Crippen LogP contribution in [0.2, 0.25) is 0 Å². The summed E-state index contributed by atoms with van der Waals surface area (Å²) in [5, 5.41) is 26.4. The molecule has 0 saturated heterocycles. The van der Waals surface area contributed by atoms with Crippen molar-refractivity contribution in [2.75, 3.05) is 13.1 Å². The average molecular weight is 436 g/mol. The molecular weight excluding hydrogens is 412 g/mol. The van der Waals surface area contributed by atoms with E-state index in [0.29, 0.717) is 13.1 Å². The van der Waals surface area contributed by atoms with E-state index in [1.54, 1.807) is 0 Å². The Morgan fingerprint density at radius 1 is 0.677 bits per heavy atom. The summed E-state index contributed by atoms with van der Waals surface area (Å²) in [6.07, 6.45) is 6.49. The van der Waals surface area contributed by atoms with Gasteiger partial charge in [-0.05, 0) is 25.0 Å². The van der Waals surface area contributed by atoms with E-state index in [1.165, 1.54) is 12.1 Å². The standard InChI is InChI=1S/C19H24N4O8/c24-18(14-8-10-16(30-14)22(26)27)20-12-6-4-2-1-3-5-7-13-21-19(25)15-9-11-17(31-15)23(28)29/h8-11H,1-7,12-13H2,(H,20,24)(H,21,25). The van der Waals surface area contributed by atoms with Gasteiger partial charge in [-0.3, -0.25) is 29.8 Å². The molecular formula is C19H24N4O8. The second kappa shape index (κ2) is 12.1. The summed E-state index contributed by atoms with van der Waals surface area (Å²) in [6.45, 7) is 0.925. The molecule has 12 nitrogen and oxygen atoms in total. The summed E-state index contributed by atoms with van der Waals surface area (Å²) in [7, 11) is 0. The van der Waals surface area contributed by atoms with Crippen molar-refractivity contribution in [2.45, 2.75) is 44.9 Å². The van der Waals surface area contributed by atoms with Crippen molar-refractivity contribution in [3.8, 4) is 0 Å². The lowest BCUT2D eigenvalue weighted by Gasteiger charge is -2.05. The Kier molecular flexibility index (Phi) is 9.20. The van der Waals surface area contributed by atoms with Crippen LogP contribution in [0.25, 0.3) is 0 Å². The first-order valence-corrected chi connectivity index (χ1v) is 9.93. The van der Waals surface area contributed by atoms with Gasteiger partial charge in [0.15, 0.2) is 11.5 Å². The number of nitrogens with one attached hydrogen (secondary N) is 2. The maximum atomic E-state index is 11.8. The summed E-state index contributed by atoms with van der Waals surface area (Å²) < 4.78 is 9.66. The molecule has 0 spiro atoms. The zero-order chi connectivity index (χ0) is 22.6. The van der Waals surface area contributed by atoms with Gasteiger partial charge in [-0.1, -0.05) is 32.1 Å². The summed E-state index contributed by atoms with van der Waals surface area (Å²) in [6, 6.07) is 4.83. The van der Waals surface area contributed by atoms with Crippen LogP contribution in [0.3, 0.4) is 0 Å². The third-order valence-corrected chi connectivity index (χ3v) is 4.42. The second-order valence-electron chi connectivity index (χ2n) is 6.78. The van der Waals surface area contributed by atoms with Gasteiger partial charge in [0.2, 0.25) is 0 Å². The first-order chi connectivity index (χ1) is 14.9. The molecule has 2 N–H and O–H groups in total. The van der Waals surface area contributed by atoms with E-state index in [2.05, 4.69) is 10.6 Å².